The molecule has 0 aliphatic carbocycles. The van der Waals surface area contributed by atoms with Gasteiger partial charge >= 0.3 is 0 Å². The van der Waals surface area contributed by atoms with Crippen LogP contribution in [0, 0.1) is 0 Å². The molecule has 0 unspecified atom stereocenters. The Hall–Kier alpha value is -1.00. The van der Waals surface area contributed by atoms with Gasteiger partial charge < -0.3 is 10.1 Å². The molecule has 1 rings (SSSR count). The number of rotatable bonds is 5. The van der Waals surface area contributed by atoms with Crippen LogP contribution in [0.15, 0.2) is 23.1 Å². The van der Waals surface area contributed by atoms with Crippen molar-refractivity contribution in [2.45, 2.75) is 4.90 Å². The summed E-state index contributed by atoms with van der Waals surface area (Å²) in [6, 6.07) is 5.62. The number of thioether (sulfide) groups is 1. The minimum absolute atomic E-state index is 0.0549. The van der Waals surface area contributed by atoms with Crippen LogP contribution in [-0.4, -0.2) is 32.7 Å². The summed E-state index contributed by atoms with van der Waals surface area (Å²) in [4.78, 5) is 12.8. The van der Waals surface area contributed by atoms with E-state index < -0.39 is 0 Å². The second kappa shape index (κ2) is 5.78. The normalized spacial score (nSPS) is 10.1. The molecule has 0 aliphatic rings. The molecule has 0 atom stereocenters. The number of ether oxygens (including phenoxy) is 1. The van der Waals surface area contributed by atoms with E-state index in [-0.39, 0.29) is 5.78 Å². The van der Waals surface area contributed by atoms with Gasteiger partial charge in [-0.25, -0.2) is 0 Å². The van der Waals surface area contributed by atoms with E-state index in [2.05, 4.69) is 5.32 Å². The Morgan fingerprint density at radius 1 is 1.53 bits per heavy atom. The van der Waals surface area contributed by atoms with Crippen LogP contribution in [0.2, 0.25) is 0 Å². The molecule has 82 valence electrons. The van der Waals surface area contributed by atoms with E-state index in [1.807, 2.05) is 24.5 Å². The third-order valence-corrected chi connectivity index (χ3v) is 2.82. The van der Waals surface area contributed by atoms with Crippen LogP contribution < -0.4 is 10.1 Å². The molecule has 0 saturated heterocycles. The lowest BCUT2D eigenvalue weighted by Gasteiger charge is -2.10. The van der Waals surface area contributed by atoms with Crippen LogP contribution in [0.5, 0.6) is 5.75 Å². The molecule has 0 heterocycles. The highest BCUT2D eigenvalue weighted by Gasteiger charge is 2.15. The van der Waals surface area contributed by atoms with Gasteiger partial charge in [0.1, 0.15) is 5.75 Å². The highest BCUT2D eigenvalue weighted by molar-refractivity contribution is 7.98. The summed E-state index contributed by atoms with van der Waals surface area (Å²) >= 11 is 1.55. The third-order valence-electron chi connectivity index (χ3n) is 2.04. The summed E-state index contributed by atoms with van der Waals surface area (Å²) in [5.41, 5.74) is 0.668. The van der Waals surface area contributed by atoms with Crippen molar-refractivity contribution in [2.24, 2.45) is 0 Å². The zero-order valence-corrected chi connectivity index (χ0v) is 9.98. The molecule has 1 aromatic rings. The predicted octanol–water partition coefficient (Wildman–Crippen LogP) is 1.82. The molecular formula is C11H15NO2S. The fraction of sp³-hybridized carbons (Fsp3) is 0.364. The van der Waals surface area contributed by atoms with Crippen molar-refractivity contribution in [2.75, 3.05) is 27.0 Å². The molecule has 0 spiro atoms. The van der Waals surface area contributed by atoms with Gasteiger partial charge in [-0.3, -0.25) is 4.79 Å². The molecular weight excluding hydrogens is 210 g/mol. The lowest BCUT2D eigenvalue weighted by Crippen LogP contribution is -2.19. The van der Waals surface area contributed by atoms with E-state index in [0.717, 1.165) is 4.90 Å². The van der Waals surface area contributed by atoms with Crippen LogP contribution in [-0.2, 0) is 0 Å². The van der Waals surface area contributed by atoms with E-state index in [0.29, 0.717) is 17.9 Å². The van der Waals surface area contributed by atoms with Gasteiger partial charge in [0.25, 0.3) is 0 Å². The molecule has 4 heteroatoms. The van der Waals surface area contributed by atoms with Gasteiger partial charge in [0.05, 0.1) is 19.2 Å². The number of ketones is 1. The standard InChI is InChI=1S/C11H15NO2S/c1-12-7-8(13)11-9(14-2)5-4-6-10(11)15-3/h4-6,12H,7H2,1-3H3. The fourth-order valence-electron chi connectivity index (χ4n) is 1.37. The smallest absolute Gasteiger partial charge is 0.181 e. The quantitative estimate of drug-likeness (QED) is 0.613. The molecule has 0 fully saturated rings. The number of hydrogen-bond donors (Lipinski definition) is 1. The molecule has 15 heavy (non-hydrogen) atoms. The summed E-state index contributed by atoms with van der Waals surface area (Å²) in [6.07, 6.45) is 1.95. The Morgan fingerprint density at radius 2 is 2.27 bits per heavy atom. The summed E-state index contributed by atoms with van der Waals surface area (Å²) in [7, 11) is 3.33. The van der Waals surface area contributed by atoms with Crippen molar-refractivity contribution in [1.29, 1.82) is 0 Å². The second-order valence-corrected chi connectivity index (χ2v) is 3.84. The average molecular weight is 225 g/mol. The molecule has 1 aromatic carbocycles. The second-order valence-electron chi connectivity index (χ2n) is 2.99. The van der Waals surface area contributed by atoms with Gasteiger partial charge in [0.2, 0.25) is 0 Å². The first-order valence-electron chi connectivity index (χ1n) is 4.63. The number of carbonyl (C=O) groups is 1. The SMILES string of the molecule is CNCC(=O)c1c(OC)cccc1SC. The zero-order chi connectivity index (χ0) is 11.3. The summed E-state index contributed by atoms with van der Waals surface area (Å²) in [5.74, 6) is 0.696. The monoisotopic (exact) mass is 225 g/mol. The topological polar surface area (TPSA) is 38.3 Å². The number of Topliss-reactive ketones (excluding diaryl/α,β-unsaturated/α-hetero) is 1. The molecule has 0 amide bonds. The van der Waals surface area contributed by atoms with E-state index in [1.54, 1.807) is 25.9 Å². The Bertz CT molecular complexity index is 330. The van der Waals surface area contributed by atoms with Crippen LogP contribution in [0.1, 0.15) is 10.4 Å². The highest BCUT2D eigenvalue weighted by Crippen LogP contribution is 2.28. The van der Waals surface area contributed by atoms with Gasteiger partial charge in [-0.15, -0.1) is 11.8 Å². The summed E-state index contributed by atoms with van der Waals surface area (Å²) < 4.78 is 5.19. The Kier molecular flexibility index (Phi) is 4.65. The van der Waals surface area contributed by atoms with Gasteiger partial charge in [-0.05, 0) is 25.4 Å². The number of hydrogen-bond acceptors (Lipinski definition) is 4. The van der Waals surface area contributed by atoms with Crippen molar-refractivity contribution < 1.29 is 9.53 Å². The molecule has 0 saturated carbocycles. The number of methoxy groups -OCH3 is 1. The first kappa shape index (κ1) is 12.1. The molecule has 0 bridgehead atoms. The van der Waals surface area contributed by atoms with Crippen LogP contribution >= 0.6 is 11.8 Å². The zero-order valence-electron chi connectivity index (χ0n) is 9.16. The molecule has 0 aromatic heterocycles. The Labute approximate surface area is 94.2 Å². The van der Waals surface area contributed by atoms with Crippen LogP contribution in [0.3, 0.4) is 0 Å². The first-order chi connectivity index (χ1) is 7.24. The lowest BCUT2D eigenvalue weighted by atomic mass is 10.1. The van der Waals surface area contributed by atoms with E-state index in [4.69, 9.17) is 4.74 Å². The van der Waals surface area contributed by atoms with E-state index >= 15 is 0 Å². The van der Waals surface area contributed by atoms with Crippen molar-refractivity contribution in [1.82, 2.24) is 5.32 Å². The largest absolute Gasteiger partial charge is 0.496 e. The van der Waals surface area contributed by atoms with Gasteiger partial charge in [0.15, 0.2) is 5.78 Å². The maximum absolute atomic E-state index is 11.8. The van der Waals surface area contributed by atoms with Gasteiger partial charge in [0, 0.05) is 4.90 Å². The Morgan fingerprint density at radius 3 is 2.80 bits per heavy atom. The molecule has 0 aliphatic heterocycles. The number of nitrogens with one attached hydrogen (secondary N) is 1. The van der Waals surface area contributed by atoms with Crippen molar-refractivity contribution >= 4 is 17.5 Å². The average Bonchev–Trinajstić information content (AvgIpc) is 2.28. The van der Waals surface area contributed by atoms with Crippen LogP contribution in [0.25, 0.3) is 0 Å². The van der Waals surface area contributed by atoms with Crippen molar-refractivity contribution in [3.63, 3.8) is 0 Å². The first-order valence-corrected chi connectivity index (χ1v) is 5.85. The number of carbonyl (C=O) groups excluding carboxylic acids is 1. The van der Waals surface area contributed by atoms with Crippen molar-refractivity contribution in [3.8, 4) is 5.75 Å². The number of likely N-dealkylation sites (N-methyl/N-ethyl adjacent to an activating group) is 1. The minimum Gasteiger partial charge on any atom is -0.496 e. The van der Waals surface area contributed by atoms with Crippen molar-refractivity contribution in [3.05, 3.63) is 23.8 Å². The highest BCUT2D eigenvalue weighted by atomic mass is 32.2. The predicted molar refractivity (Wildman–Crippen MR) is 63.0 cm³/mol. The molecule has 1 N–H and O–H groups in total. The van der Waals surface area contributed by atoms with Gasteiger partial charge in [-0.2, -0.15) is 0 Å². The summed E-state index contributed by atoms with van der Waals surface area (Å²) in [6.45, 7) is 0.327. The maximum atomic E-state index is 11.8. The summed E-state index contributed by atoms with van der Waals surface area (Å²) in [5, 5.41) is 2.85. The third kappa shape index (κ3) is 2.73. The molecule has 3 nitrogen and oxygen atoms in total. The minimum atomic E-state index is 0.0549. The maximum Gasteiger partial charge on any atom is 0.181 e. The van der Waals surface area contributed by atoms with E-state index in [1.165, 1.54) is 0 Å². The fourth-order valence-corrected chi connectivity index (χ4v) is 2.01. The van der Waals surface area contributed by atoms with E-state index in [9.17, 15) is 4.79 Å². The number of benzene rings is 1. The van der Waals surface area contributed by atoms with Gasteiger partial charge in [-0.1, -0.05) is 6.07 Å². The lowest BCUT2D eigenvalue weighted by molar-refractivity contribution is 0.0987. The van der Waals surface area contributed by atoms with Crippen LogP contribution in [0.4, 0.5) is 0 Å². The molecule has 0 radical (unpaired) electrons. The Balaban J connectivity index is 3.15.